The van der Waals surface area contributed by atoms with Crippen molar-refractivity contribution >= 4 is 17.7 Å². The van der Waals surface area contributed by atoms with E-state index in [4.69, 9.17) is 5.73 Å². The first-order valence-corrected chi connectivity index (χ1v) is 6.97. The minimum atomic E-state index is 0.168. The molecule has 2 fully saturated rings. The molecule has 1 aliphatic heterocycles. The topological polar surface area (TPSA) is 46.3 Å². The summed E-state index contributed by atoms with van der Waals surface area (Å²) in [7, 11) is 0. The second kappa shape index (κ2) is 4.74. The van der Waals surface area contributed by atoms with Crippen LogP contribution in [0.4, 0.5) is 0 Å². The number of hydrogen-bond donors (Lipinski definition) is 1. The van der Waals surface area contributed by atoms with Crippen LogP contribution in [0.2, 0.25) is 0 Å². The zero-order valence-corrected chi connectivity index (χ0v) is 10.0. The number of hydrogen-bond acceptors (Lipinski definition) is 3. The van der Waals surface area contributed by atoms with Gasteiger partial charge in [0.2, 0.25) is 5.91 Å². The summed E-state index contributed by atoms with van der Waals surface area (Å²) in [5, 5.41) is 0. The fourth-order valence-electron chi connectivity index (χ4n) is 2.38. The molecule has 1 saturated heterocycles. The van der Waals surface area contributed by atoms with Gasteiger partial charge in [0.15, 0.2) is 0 Å². The average molecular weight is 228 g/mol. The molecule has 1 saturated carbocycles. The molecule has 0 aromatic rings. The first kappa shape index (κ1) is 11.3. The highest BCUT2D eigenvalue weighted by molar-refractivity contribution is 7.99. The molecular formula is C11H20N2OS. The lowest BCUT2D eigenvalue weighted by Crippen LogP contribution is -2.45. The molecule has 0 aromatic heterocycles. The van der Waals surface area contributed by atoms with Crippen LogP contribution in [0.15, 0.2) is 0 Å². The second-order valence-electron chi connectivity index (χ2n) is 4.73. The summed E-state index contributed by atoms with van der Waals surface area (Å²) in [6.45, 7) is 2.55. The normalized spacial score (nSPS) is 24.7. The maximum absolute atomic E-state index is 12.0. The van der Waals surface area contributed by atoms with Crippen molar-refractivity contribution in [2.24, 2.45) is 11.1 Å². The van der Waals surface area contributed by atoms with Crippen molar-refractivity contribution in [1.82, 2.24) is 4.90 Å². The van der Waals surface area contributed by atoms with Gasteiger partial charge in [-0.05, 0) is 24.8 Å². The molecule has 0 spiro atoms. The zero-order chi connectivity index (χ0) is 10.7. The molecule has 0 bridgehead atoms. The van der Waals surface area contributed by atoms with E-state index in [1.54, 1.807) is 0 Å². The highest BCUT2D eigenvalue weighted by Crippen LogP contribution is 2.43. The minimum absolute atomic E-state index is 0.168. The molecule has 0 radical (unpaired) electrons. The molecule has 0 aromatic carbocycles. The molecule has 2 N–H and O–H groups in total. The summed E-state index contributed by atoms with van der Waals surface area (Å²) in [6.07, 6.45) is 4.24. The van der Waals surface area contributed by atoms with Gasteiger partial charge in [-0.2, -0.15) is 11.8 Å². The number of thioether (sulfide) groups is 1. The van der Waals surface area contributed by atoms with Crippen molar-refractivity contribution in [1.29, 1.82) is 0 Å². The van der Waals surface area contributed by atoms with E-state index in [-0.39, 0.29) is 5.41 Å². The third-order valence-corrected chi connectivity index (χ3v) is 4.68. The Kier molecular flexibility index (Phi) is 3.57. The van der Waals surface area contributed by atoms with Crippen LogP contribution in [0.5, 0.6) is 0 Å². The number of rotatable bonds is 3. The maximum atomic E-state index is 12.0. The molecule has 4 heteroatoms. The van der Waals surface area contributed by atoms with Gasteiger partial charge < -0.3 is 10.6 Å². The number of nitrogens with zero attached hydrogens (tertiary/aromatic N) is 1. The average Bonchev–Trinajstić information content (AvgIpc) is 2.24. The summed E-state index contributed by atoms with van der Waals surface area (Å²) in [4.78, 5) is 14.0. The van der Waals surface area contributed by atoms with Crippen LogP contribution in [0.3, 0.4) is 0 Å². The van der Waals surface area contributed by atoms with Gasteiger partial charge in [-0.25, -0.2) is 0 Å². The summed E-state index contributed by atoms with van der Waals surface area (Å²) in [5.74, 6) is 2.53. The Balaban J connectivity index is 1.85. The van der Waals surface area contributed by atoms with E-state index in [1.807, 2.05) is 16.7 Å². The van der Waals surface area contributed by atoms with E-state index >= 15 is 0 Å². The van der Waals surface area contributed by atoms with Crippen LogP contribution in [-0.2, 0) is 4.79 Å². The number of carbonyl (C=O) groups excluding carboxylic acids is 1. The van der Waals surface area contributed by atoms with Crippen molar-refractivity contribution in [3.63, 3.8) is 0 Å². The van der Waals surface area contributed by atoms with Gasteiger partial charge in [0, 0.05) is 31.0 Å². The Morgan fingerprint density at radius 2 is 2.00 bits per heavy atom. The first-order valence-electron chi connectivity index (χ1n) is 5.81. The Hall–Kier alpha value is -0.220. The zero-order valence-electron chi connectivity index (χ0n) is 9.21. The smallest absolute Gasteiger partial charge is 0.223 e. The molecule has 2 aliphatic rings. The van der Waals surface area contributed by atoms with Gasteiger partial charge in [-0.1, -0.05) is 6.42 Å². The molecule has 2 rings (SSSR count). The Morgan fingerprint density at radius 1 is 1.33 bits per heavy atom. The number of carbonyl (C=O) groups is 1. The lowest BCUT2D eigenvalue weighted by atomic mass is 9.66. The van der Waals surface area contributed by atoms with Crippen LogP contribution in [0.1, 0.15) is 25.7 Å². The van der Waals surface area contributed by atoms with Crippen LogP contribution in [0, 0.1) is 5.41 Å². The highest BCUT2D eigenvalue weighted by atomic mass is 32.2. The lowest BCUT2D eigenvalue weighted by molar-refractivity contribution is -0.134. The second-order valence-corrected chi connectivity index (χ2v) is 5.95. The van der Waals surface area contributed by atoms with E-state index in [0.717, 1.165) is 37.4 Å². The van der Waals surface area contributed by atoms with Crippen molar-refractivity contribution in [2.45, 2.75) is 25.7 Å². The minimum Gasteiger partial charge on any atom is -0.341 e. The summed E-state index contributed by atoms with van der Waals surface area (Å²) >= 11 is 1.94. The van der Waals surface area contributed by atoms with Gasteiger partial charge in [0.05, 0.1) is 0 Å². The number of nitrogens with two attached hydrogens (primary N) is 1. The summed E-state index contributed by atoms with van der Waals surface area (Å²) in [5.41, 5.74) is 5.94. The predicted octanol–water partition coefficient (Wildman–Crippen LogP) is 1.08. The van der Waals surface area contributed by atoms with Gasteiger partial charge >= 0.3 is 0 Å². The Bertz CT molecular complexity index is 229. The van der Waals surface area contributed by atoms with Crippen LogP contribution >= 0.6 is 11.8 Å². The van der Waals surface area contributed by atoms with E-state index in [2.05, 4.69) is 0 Å². The fraction of sp³-hybridized carbons (Fsp3) is 0.909. The van der Waals surface area contributed by atoms with Crippen LogP contribution in [0.25, 0.3) is 0 Å². The first-order chi connectivity index (χ1) is 7.26. The largest absolute Gasteiger partial charge is 0.341 e. The van der Waals surface area contributed by atoms with Crippen molar-refractivity contribution in [3.05, 3.63) is 0 Å². The third-order valence-electron chi connectivity index (χ3n) is 3.74. The van der Waals surface area contributed by atoms with Crippen LogP contribution < -0.4 is 5.73 Å². The highest BCUT2D eigenvalue weighted by Gasteiger charge is 2.38. The molecule has 3 nitrogen and oxygen atoms in total. The van der Waals surface area contributed by atoms with E-state index in [9.17, 15) is 4.79 Å². The third kappa shape index (κ3) is 2.48. The predicted molar refractivity (Wildman–Crippen MR) is 63.9 cm³/mol. The van der Waals surface area contributed by atoms with Gasteiger partial charge in [0.1, 0.15) is 0 Å². The summed E-state index contributed by atoms with van der Waals surface area (Å²) < 4.78 is 0. The molecule has 1 amide bonds. The molecule has 0 unspecified atom stereocenters. The van der Waals surface area contributed by atoms with Gasteiger partial charge in [-0.15, -0.1) is 0 Å². The van der Waals surface area contributed by atoms with Gasteiger partial charge in [-0.3, -0.25) is 4.79 Å². The molecule has 0 atom stereocenters. The lowest BCUT2D eigenvalue weighted by Gasteiger charge is -2.42. The molecule has 86 valence electrons. The van der Waals surface area contributed by atoms with Crippen molar-refractivity contribution in [2.75, 3.05) is 31.1 Å². The van der Waals surface area contributed by atoms with Gasteiger partial charge in [0.25, 0.3) is 0 Å². The number of amides is 1. The van der Waals surface area contributed by atoms with Crippen LogP contribution in [-0.4, -0.2) is 41.9 Å². The van der Waals surface area contributed by atoms with E-state index in [1.165, 1.54) is 6.42 Å². The van der Waals surface area contributed by atoms with Crippen molar-refractivity contribution in [3.8, 4) is 0 Å². The van der Waals surface area contributed by atoms with E-state index < -0.39 is 0 Å². The Morgan fingerprint density at radius 3 is 2.47 bits per heavy atom. The molecule has 15 heavy (non-hydrogen) atoms. The molecular weight excluding hydrogens is 208 g/mol. The van der Waals surface area contributed by atoms with E-state index in [0.29, 0.717) is 18.9 Å². The quantitative estimate of drug-likeness (QED) is 0.786. The SMILES string of the molecule is NCC1(CC(=O)N2CCSCC2)CCC1. The van der Waals surface area contributed by atoms with Crippen molar-refractivity contribution < 1.29 is 4.79 Å². The molecule has 1 heterocycles. The molecule has 1 aliphatic carbocycles. The standard InChI is InChI=1S/C11H20N2OS/c12-9-11(2-1-3-11)8-10(14)13-4-6-15-7-5-13/h1-9,12H2. The fourth-order valence-corrected chi connectivity index (χ4v) is 3.28. The monoisotopic (exact) mass is 228 g/mol. The summed E-state index contributed by atoms with van der Waals surface area (Å²) in [6, 6.07) is 0. The maximum Gasteiger partial charge on any atom is 0.223 e. The Labute approximate surface area is 95.8 Å².